The van der Waals surface area contributed by atoms with Crippen LogP contribution >= 0.6 is 0 Å². The Bertz CT molecular complexity index is 882. The lowest BCUT2D eigenvalue weighted by atomic mass is 9.87. The molecule has 0 aliphatic rings. The Morgan fingerprint density at radius 3 is 2.19 bits per heavy atom. The first-order valence-corrected chi connectivity index (χ1v) is 8.95. The molecule has 0 spiro atoms. The molecule has 3 aromatic rings. The first-order chi connectivity index (χ1) is 12.9. The number of benzene rings is 2. The lowest BCUT2D eigenvalue weighted by Gasteiger charge is -2.19. The van der Waals surface area contributed by atoms with E-state index in [1.165, 1.54) is 5.56 Å². The molecule has 0 atom stereocenters. The van der Waals surface area contributed by atoms with Gasteiger partial charge in [-0.2, -0.15) is 0 Å². The predicted molar refractivity (Wildman–Crippen MR) is 109 cm³/mol. The van der Waals surface area contributed by atoms with Gasteiger partial charge in [0, 0.05) is 12.2 Å². The van der Waals surface area contributed by atoms with Crippen molar-refractivity contribution in [3.05, 3.63) is 83.6 Å². The molecule has 0 saturated carbocycles. The second-order valence-electron chi connectivity index (χ2n) is 7.42. The van der Waals surface area contributed by atoms with Crippen LogP contribution in [0.3, 0.4) is 0 Å². The molecule has 3 rings (SSSR count). The van der Waals surface area contributed by atoms with Gasteiger partial charge < -0.3 is 10.6 Å². The first kappa shape index (κ1) is 18.6. The molecule has 138 valence electrons. The minimum atomic E-state index is -0.277. The summed E-state index contributed by atoms with van der Waals surface area (Å²) in [7, 11) is 0. The van der Waals surface area contributed by atoms with Crippen LogP contribution in [0.4, 0.5) is 11.5 Å². The normalized spacial score (nSPS) is 11.1. The third-order valence-corrected chi connectivity index (χ3v) is 4.22. The summed E-state index contributed by atoms with van der Waals surface area (Å²) in [6, 6.07) is 21.3. The molecular formula is C22H24N4O. The number of nitrogens with zero attached hydrogens (tertiary/aromatic N) is 2. The van der Waals surface area contributed by atoms with E-state index in [2.05, 4.69) is 41.6 Å². The molecule has 0 radical (unpaired) electrons. The molecule has 1 heterocycles. The minimum absolute atomic E-state index is 0.0800. The van der Waals surface area contributed by atoms with Crippen molar-refractivity contribution in [3.8, 4) is 0 Å². The van der Waals surface area contributed by atoms with E-state index < -0.39 is 0 Å². The molecule has 0 saturated heterocycles. The highest BCUT2D eigenvalue weighted by molar-refractivity contribution is 6.02. The smallest absolute Gasteiger partial charge is 0.276 e. The van der Waals surface area contributed by atoms with Crippen LogP contribution in [-0.2, 0) is 12.0 Å². The molecule has 27 heavy (non-hydrogen) atoms. The Labute approximate surface area is 159 Å². The number of carbonyl (C=O) groups is 1. The molecule has 0 aliphatic carbocycles. The lowest BCUT2D eigenvalue weighted by Crippen LogP contribution is -2.15. The van der Waals surface area contributed by atoms with Gasteiger partial charge in [0.2, 0.25) is 0 Å². The lowest BCUT2D eigenvalue weighted by molar-refractivity contribution is 0.102. The van der Waals surface area contributed by atoms with Gasteiger partial charge in [-0.05, 0) is 40.8 Å². The molecule has 5 nitrogen and oxygen atoms in total. The maximum atomic E-state index is 12.4. The predicted octanol–water partition coefficient (Wildman–Crippen LogP) is 4.64. The Hall–Kier alpha value is -3.21. The third kappa shape index (κ3) is 5.14. The Balaban J connectivity index is 1.58. The maximum absolute atomic E-state index is 12.4. The third-order valence-electron chi connectivity index (χ3n) is 4.22. The number of rotatable bonds is 5. The Morgan fingerprint density at radius 2 is 1.59 bits per heavy atom. The fourth-order valence-corrected chi connectivity index (χ4v) is 2.58. The van der Waals surface area contributed by atoms with Crippen LogP contribution in [0.1, 0.15) is 42.4 Å². The zero-order chi connectivity index (χ0) is 19.3. The molecule has 1 aromatic heterocycles. The zero-order valence-electron chi connectivity index (χ0n) is 15.9. The number of hydrogen-bond acceptors (Lipinski definition) is 4. The van der Waals surface area contributed by atoms with Crippen LogP contribution in [0.25, 0.3) is 0 Å². The van der Waals surface area contributed by atoms with Gasteiger partial charge in [-0.3, -0.25) is 4.79 Å². The fraction of sp³-hybridized carbons (Fsp3) is 0.227. The van der Waals surface area contributed by atoms with Gasteiger partial charge in [-0.25, -0.2) is 0 Å². The van der Waals surface area contributed by atoms with E-state index in [9.17, 15) is 4.79 Å². The second kappa shape index (κ2) is 7.99. The van der Waals surface area contributed by atoms with E-state index >= 15 is 0 Å². The number of nitrogens with one attached hydrogen (secondary N) is 2. The van der Waals surface area contributed by atoms with Crippen molar-refractivity contribution in [2.24, 2.45) is 0 Å². The second-order valence-corrected chi connectivity index (χ2v) is 7.42. The fourth-order valence-electron chi connectivity index (χ4n) is 2.58. The van der Waals surface area contributed by atoms with E-state index in [-0.39, 0.29) is 17.0 Å². The van der Waals surface area contributed by atoms with Crippen LogP contribution in [0.2, 0.25) is 0 Å². The van der Waals surface area contributed by atoms with E-state index in [1.807, 2.05) is 54.6 Å². The molecule has 5 heteroatoms. The average molecular weight is 360 g/mol. The number of carbonyl (C=O) groups excluding carboxylic acids is 1. The number of hydrogen-bond donors (Lipinski definition) is 2. The molecule has 1 amide bonds. The van der Waals surface area contributed by atoms with Crippen LogP contribution in [-0.4, -0.2) is 16.1 Å². The number of anilines is 2. The van der Waals surface area contributed by atoms with Crippen molar-refractivity contribution in [1.29, 1.82) is 0 Å². The molecular weight excluding hydrogens is 336 g/mol. The van der Waals surface area contributed by atoms with Crippen molar-refractivity contribution in [3.63, 3.8) is 0 Å². The SMILES string of the molecule is CC(C)(C)c1ccc(NC(=O)c2ccc(NCc3ccccc3)nn2)cc1. The van der Waals surface area contributed by atoms with Crippen molar-refractivity contribution < 1.29 is 4.79 Å². The molecule has 0 bridgehead atoms. The van der Waals surface area contributed by atoms with Crippen molar-refractivity contribution in [2.75, 3.05) is 10.6 Å². The highest BCUT2D eigenvalue weighted by atomic mass is 16.1. The van der Waals surface area contributed by atoms with Crippen LogP contribution in [0, 0.1) is 0 Å². The van der Waals surface area contributed by atoms with E-state index in [1.54, 1.807) is 12.1 Å². The van der Waals surface area contributed by atoms with Gasteiger partial charge in [0.05, 0.1) is 0 Å². The molecule has 0 unspecified atom stereocenters. The largest absolute Gasteiger partial charge is 0.365 e. The summed E-state index contributed by atoms with van der Waals surface area (Å²) in [6.45, 7) is 7.12. The van der Waals surface area contributed by atoms with Crippen LogP contribution < -0.4 is 10.6 Å². The Kier molecular flexibility index (Phi) is 5.50. The molecule has 0 fully saturated rings. The summed E-state index contributed by atoms with van der Waals surface area (Å²) in [6.07, 6.45) is 0. The van der Waals surface area contributed by atoms with Gasteiger partial charge in [-0.15, -0.1) is 10.2 Å². The first-order valence-electron chi connectivity index (χ1n) is 8.95. The van der Waals surface area contributed by atoms with Crippen LogP contribution in [0.15, 0.2) is 66.7 Å². The van der Waals surface area contributed by atoms with E-state index in [4.69, 9.17) is 0 Å². The van der Waals surface area contributed by atoms with Gasteiger partial charge >= 0.3 is 0 Å². The summed E-state index contributed by atoms with van der Waals surface area (Å²) >= 11 is 0. The van der Waals surface area contributed by atoms with E-state index in [0.29, 0.717) is 12.4 Å². The number of amides is 1. The van der Waals surface area contributed by atoms with E-state index in [0.717, 1.165) is 11.3 Å². The molecule has 2 aromatic carbocycles. The average Bonchev–Trinajstić information content (AvgIpc) is 2.67. The van der Waals surface area contributed by atoms with Crippen molar-refractivity contribution in [1.82, 2.24) is 10.2 Å². The summed E-state index contributed by atoms with van der Waals surface area (Å²) in [4.78, 5) is 12.4. The highest BCUT2D eigenvalue weighted by Crippen LogP contribution is 2.23. The van der Waals surface area contributed by atoms with Crippen LogP contribution in [0.5, 0.6) is 0 Å². The summed E-state index contributed by atoms with van der Waals surface area (Å²) < 4.78 is 0. The summed E-state index contributed by atoms with van der Waals surface area (Å²) in [5.74, 6) is 0.352. The Morgan fingerprint density at radius 1 is 0.889 bits per heavy atom. The molecule has 0 aliphatic heterocycles. The summed E-state index contributed by atoms with van der Waals surface area (Å²) in [5.41, 5.74) is 3.46. The number of aromatic nitrogens is 2. The molecule has 2 N–H and O–H groups in total. The topological polar surface area (TPSA) is 66.9 Å². The van der Waals surface area contributed by atoms with Gasteiger partial charge in [0.25, 0.3) is 5.91 Å². The quantitative estimate of drug-likeness (QED) is 0.696. The van der Waals surface area contributed by atoms with Gasteiger partial charge in [0.1, 0.15) is 5.82 Å². The monoisotopic (exact) mass is 360 g/mol. The minimum Gasteiger partial charge on any atom is -0.365 e. The summed E-state index contributed by atoms with van der Waals surface area (Å²) in [5, 5.41) is 14.1. The standard InChI is InChI=1S/C22H24N4O/c1-22(2,3)17-9-11-18(12-10-17)24-21(27)19-13-14-20(26-25-19)23-15-16-7-5-4-6-8-16/h4-14H,15H2,1-3H3,(H,23,26)(H,24,27). The van der Waals surface area contributed by atoms with Gasteiger partial charge in [-0.1, -0.05) is 63.2 Å². The zero-order valence-corrected chi connectivity index (χ0v) is 15.9. The highest BCUT2D eigenvalue weighted by Gasteiger charge is 2.14. The maximum Gasteiger partial charge on any atom is 0.276 e. The van der Waals surface area contributed by atoms with Gasteiger partial charge in [0.15, 0.2) is 5.69 Å². The van der Waals surface area contributed by atoms with Crippen molar-refractivity contribution >= 4 is 17.4 Å². The van der Waals surface area contributed by atoms with Crippen molar-refractivity contribution in [2.45, 2.75) is 32.7 Å².